The van der Waals surface area contributed by atoms with E-state index in [-0.39, 0.29) is 11.4 Å². The third-order valence-electron chi connectivity index (χ3n) is 2.22. The van der Waals surface area contributed by atoms with Crippen LogP contribution in [-0.2, 0) is 6.42 Å². The predicted octanol–water partition coefficient (Wildman–Crippen LogP) is 1.85. The molecule has 0 bridgehead atoms. The topological polar surface area (TPSA) is 26.0 Å². The molecular weight excluding hydrogens is 158 g/mol. The van der Waals surface area contributed by atoms with E-state index in [4.69, 9.17) is 17.3 Å². The summed E-state index contributed by atoms with van der Waals surface area (Å²) in [6.07, 6.45) is 0.916. The average Bonchev–Trinajstić information content (AvgIpc) is 2.30. The van der Waals surface area contributed by atoms with Gasteiger partial charge in [0, 0.05) is 6.04 Å². The monoisotopic (exact) mass is 167 g/mol. The zero-order valence-electron chi connectivity index (χ0n) is 6.13. The van der Waals surface area contributed by atoms with Gasteiger partial charge in [0.15, 0.2) is 0 Å². The van der Waals surface area contributed by atoms with Crippen LogP contribution in [0.2, 0.25) is 0 Å². The van der Waals surface area contributed by atoms with Gasteiger partial charge in [-0.2, -0.15) is 0 Å². The molecule has 1 aliphatic carbocycles. The molecule has 0 saturated carbocycles. The minimum absolute atomic E-state index is 0.0351. The summed E-state index contributed by atoms with van der Waals surface area (Å²) in [7, 11) is 0. The third kappa shape index (κ3) is 1.05. The summed E-state index contributed by atoms with van der Waals surface area (Å²) in [5, 5.41) is 0.0902. The lowest BCUT2D eigenvalue weighted by Gasteiger charge is -2.06. The second kappa shape index (κ2) is 2.50. The number of nitrogens with two attached hydrogens (primary N) is 1. The summed E-state index contributed by atoms with van der Waals surface area (Å²) in [6.45, 7) is 0. The first-order chi connectivity index (χ1) is 5.29. The zero-order valence-corrected chi connectivity index (χ0v) is 6.88. The Bertz CT molecular complexity index is 272. The molecule has 0 spiro atoms. The Hall–Kier alpha value is -0.530. The number of halogens is 1. The molecule has 0 radical (unpaired) electrons. The third-order valence-corrected chi connectivity index (χ3v) is 2.64. The molecule has 1 aromatic carbocycles. The number of rotatable bonds is 0. The molecule has 2 rings (SSSR count). The van der Waals surface area contributed by atoms with Crippen LogP contribution in [0.15, 0.2) is 24.3 Å². The van der Waals surface area contributed by atoms with E-state index in [0.29, 0.717) is 0 Å². The summed E-state index contributed by atoms with van der Waals surface area (Å²) in [6, 6.07) is 8.22. The van der Waals surface area contributed by atoms with Gasteiger partial charge in [-0.3, -0.25) is 0 Å². The standard InChI is InChI=1S/C9H10ClN/c10-8-5-6-3-1-2-4-7(6)9(8)11/h1-4,8-9H,5,11H2/t8-,9-/m0/s1. The summed E-state index contributed by atoms with van der Waals surface area (Å²) < 4.78 is 0. The number of alkyl halides is 1. The molecule has 58 valence electrons. The lowest BCUT2D eigenvalue weighted by atomic mass is 10.1. The van der Waals surface area contributed by atoms with Gasteiger partial charge in [-0.1, -0.05) is 24.3 Å². The van der Waals surface area contributed by atoms with E-state index in [9.17, 15) is 0 Å². The maximum atomic E-state index is 6.00. The van der Waals surface area contributed by atoms with Crippen LogP contribution in [-0.4, -0.2) is 5.38 Å². The van der Waals surface area contributed by atoms with E-state index >= 15 is 0 Å². The minimum Gasteiger partial charge on any atom is -0.323 e. The van der Waals surface area contributed by atoms with Gasteiger partial charge >= 0.3 is 0 Å². The van der Waals surface area contributed by atoms with Crippen molar-refractivity contribution in [2.75, 3.05) is 0 Å². The largest absolute Gasteiger partial charge is 0.323 e. The molecule has 2 heteroatoms. The lowest BCUT2D eigenvalue weighted by molar-refractivity contribution is 0.723. The zero-order chi connectivity index (χ0) is 7.84. The molecule has 0 fully saturated rings. The molecule has 0 unspecified atom stereocenters. The van der Waals surface area contributed by atoms with Crippen LogP contribution in [0.3, 0.4) is 0 Å². The highest BCUT2D eigenvalue weighted by molar-refractivity contribution is 6.21. The highest BCUT2D eigenvalue weighted by Gasteiger charge is 2.26. The average molecular weight is 168 g/mol. The van der Waals surface area contributed by atoms with Crippen LogP contribution in [0.5, 0.6) is 0 Å². The van der Waals surface area contributed by atoms with Crippen LogP contribution in [0.25, 0.3) is 0 Å². The van der Waals surface area contributed by atoms with Crippen molar-refractivity contribution in [2.24, 2.45) is 5.73 Å². The first-order valence-electron chi connectivity index (χ1n) is 3.76. The fourth-order valence-electron chi connectivity index (χ4n) is 1.58. The van der Waals surface area contributed by atoms with E-state index in [1.165, 1.54) is 11.1 Å². The van der Waals surface area contributed by atoms with Gasteiger partial charge in [0.25, 0.3) is 0 Å². The van der Waals surface area contributed by atoms with Crippen molar-refractivity contribution in [2.45, 2.75) is 17.8 Å². The normalized spacial score (nSPS) is 28.5. The first kappa shape index (κ1) is 7.14. The van der Waals surface area contributed by atoms with Gasteiger partial charge in [-0.15, -0.1) is 11.6 Å². The van der Waals surface area contributed by atoms with Crippen molar-refractivity contribution in [3.8, 4) is 0 Å². The number of fused-ring (bicyclic) bond motifs is 1. The van der Waals surface area contributed by atoms with Crippen LogP contribution >= 0.6 is 11.6 Å². The molecule has 2 N–H and O–H groups in total. The second-order valence-electron chi connectivity index (χ2n) is 2.94. The van der Waals surface area contributed by atoms with Crippen molar-refractivity contribution in [1.29, 1.82) is 0 Å². The van der Waals surface area contributed by atoms with Crippen LogP contribution < -0.4 is 5.73 Å². The van der Waals surface area contributed by atoms with Crippen LogP contribution in [0.4, 0.5) is 0 Å². The van der Waals surface area contributed by atoms with Crippen molar-refractivity contribution in [3.63, 3.8) is 0 Å². The van der Waals surface area contributed by atoms with E-state index in [2.05, 4.69) is 12.1 Å². The van der Waals surface area contributed by atoms with Crippen LogP contribution in [0.1, 0.15) is 17.2 Å². The Morgan fingerprint density at radius 2 is 2.09 bits per heavy atom. The Balaban J connectivity index is 2.47. The van der Waals surface area contributed by atoms with Crippen molar-refractivity contribution < 1.29 is 0 Å². The Morgan fingerprint density at radius 1 is 1.36 bits per heavy atom. The summed E-state index contributed by atoms with van der Waals surface area (Å²) >= 11 is 6.00. The summed E-state index contributed by atoms with van der Waals surface area (Å²) in [5.41, 5.74) is 8.38. The molecular formula is C9H10ClN. The molecule has 0 aromatic heterocycles. The maximum Gasteiger partial charge on any atom is 0.0569 e. The molecule has 1 nitrogen and oxygen atoms in total. The van der Waals surface area contributed by atoms with E-state index in [1.54, 1.807) is 0 Å². The quantitative estimate of drug-likeness (QED) is 0.587. The molecule has 0 amide bonds. The van der Waals surface area contributed by atoms with Gasteiger partial charge in [0.2, 0.25) is 0 Å². The molecule has 0 saturated heterocycles. The lowest BCUT2D eigenvalue weighted by Crippen LogP contribution is -2.16. The SMILES string of the molecule is N[C@H]1c2ccccc2C[C@@H]1Cl. The van der Waals surface area contributed by atoms with Crippen molar-refractivity contribution in [3.05, 3.63) is 35.4 Å². The number of benzene rings is 1. The molecule has 1 aliphatic rings. The summed E-state index contributed by atoms with van der Waals surface area (Å²) in [5.74, 6) is 0. The summed E-state index contributed by atoms with van der Waals surface area (Å²) in [4.78, 5) is 0. The molecule has 0 heterocycles. The molecule has 0 aliphatic heterocycles. The van der Waals surface area contributed by atoms with Gasteiger partial charge in [0.1, 0.15) is 0 Å². The minimum atomic E-state index is 0.0351. The van der Waals surface area contributed by atoms with Crippen molar-refractivity contribution >= 4 is 11.6 Å². The van der Waals surface area contributed by atoms with Gasteiger partial charge in [0.05, 0.1) is 5.38 Å². The van der Waals surface area contributed by atoms with E-state index < -0.39 is 0 Å². The number of hydrogen-bond donors (Lipinski definition) is 1. The molecule has 2 atom stereocenters. The highest BCUT2D eigenvalue weighted by Crippen LogP contribution is 2.32. The Kier molecular flexibility index (Phi) is 1.63. The van der Waals surface area contributed by atoms with Gasteiger partial charge < -0.3 is 5.73 Å². The van der Waals surface area contributed by atoms with E-state index in [0.717, 1.165) is 6.42 Å². The molecule has 11 heavy (non-hydrogen) atoms. The van der Waals surface area contributed by atoms with Gasteiger partial charge in [-0.25, -0.2) is 0 Å². The Morgan fingerprint density at radius 3 is 2.82 bits per heavy atom. The fourth-order valence-corrected chi connectivity index (χ4v) is 1.88. The Labute approximate surface area is 71.2 Å². The van der Waals surface area contributed by atoms with Gasteiger partial charge in [-0.05, 0) is 17.5 Å². The first-order valence-corrected chi connectivity index (χ1v) is 4.20. The van der Waals surface area contributed by atoms with Crippen molar-refractivity contribution in [1.82, 2.24) is 0 Å². The fraction of sp³-hybridized carbons (Fsp3) is 0.333. The highest BCUT2D eigenvalue weighted by atomic mass is 35.5. The predicted molar refractivity (Wildman–Crippen MR) is 46.7 cm³/mol. The van der Waals surface area contributed by atoms with Crippen LogP contribution in [0, 0.1) is 0 Å². The number of hydrogen-bond acceptors (Lipinski definition) is 1. The van der Waals surface area contributed by atoms with E-state index in [1.807, 2.05) is 12.1 Å². The smallest absolute Gasteiger partial charge is 0.0569 e. The molecule has 1 aromatic rings. The maximum absolute atomic E-state index is 6.00. The second-order valence-corrected chi connectivity index (χ2v) is 3.51.